The molecule has 7 nitrogen and oxygen atoms in total. The van der Waals surface area contributed by atoms with Crippen LogP contribution in [0, 0.1) is 5.92 Å². The van der Waals surface area contributed by atoms with Crippen LogP contribution in [0.15, 0.2) is 11.1 Å². The molecular formula is C10H20N4O3S. The Morgan fingerprint density at radius 2 is 2.17 bits per heavy atom. The summed E-state index contributed by atoms with van der Waals surface area (Å²) in [5.74, 6) is -0.0631. The van der Waals surface area contributed by atoms with Gasteiger partial charge < -0.3 is 10.8 Å². The lowest BCUT2D eigenvalue weighted by Gasteiger charge is -2.14. The Morgan fingerprint density at radius 1 is 1.56 bits per heavy atom. The number of hydrogen-bond donors (Lipinski definition) is 3. The van der Waals surface area contributed by atoms with E-state index in [0.29, 0.717) is 6.54 Å². The summed E-state index contributed by atoms with van der Waals surface area (Å²) in [4.78, 5) is -0.0553. The third-order valence-electron chi connectivity index (χ3n) is 2.62. The number of aryl methyl sites for hydroxylation is 1. The average molecular weight is 276 g/mol. The molecule has 104 valence electrons. The van der Waals surface area contributed by atoms with E-state index < -0.39 is 16.1 Å². The molecule has 1 rings (SSSR count). The van der Waals surface area contributed by atoms with Gasteiger partial charge in [-0.2, -0.15) is 5.10 Å². The van der Waals surface area contributed by atoms with Crippen LogP contribution in [0.3, 0.4) is 0 Å². The molecule has 0 bridgehead atoms. The predicted molar refractivity (Wildman–Crippen MR) is 68.3 cm³/mol. The maximum absolute atomic E-state index is 12.0. The summed E-state index contributed by atoms with van der Waals surface area (Å²) in [5.41, 5.74) is 5.56. The molecule has 1 heterocycles. The van der Waals surface area contributed by atoms with Crippen LogP contribution >= 0.6 is 0 Å². The van der Waals surface area contributed by atoms with Crippen LogP contribution in [-0.2, 0) is 16.6 Å². The Balaban J connectivity index is 2.83. The molecule has 0 spiro atoms. The van der Waals surface area contributed by atoms with Gasteiger partial charge >= 0.3 is 0 Å². The third-order valence-corrected chi connectivity index (χ3v) is 4.06. The molecule has 1 aromatic heterocycles. The topological polar surface area (TPSA) is 110 Å². The van der Waals surface area contributed by atoms with Gasteiger partial charge in [0.2, 0.25) is 10.0 Å². The van der Waals surface area contributed by atoms with Crippen LogP contribution in [0.5, 0.6) is 0 Å². The number of aliphatic hydroxyl groups excluding tert-OH is 1. The lowest BCUT2D eigenvalue weighted by Crippen LogP contribution is -2.34. The van der Waals surface area contributed by atoms with Gasteiger partial charge in [-0.1, -0.05) is 13.8 Å². The highest BCUT2D eigenvalue weighted by molar-refractivity contribution is 7.89. The van der Waals surface area contributed by atoms with Crippen molar-refractivity contribution in [2.45, 2.75) is 38.3 Å². The first-order valence-corrected chi connectivity index (χ1v) is 7.27. The predicted octanol–water partition coefficient (Wildman–Crippen LogP) is -0.220. The van der Waals surface area contributed by atoms with Crippen molar-refractivity contribution >= 4 is 15.8 Å². The molecule has 0 fully saturated rings. The van der Waals surface area contributed by atoms with Crippen molar-refractivity contribution in [2.75, 3.05) is 12.3 Å². The first kappa shape index (κ1) is 14.9. The van der Waals surface area contributed by atoms with Crippen molar-refractivity contribution in [3.8, 4) is 0 Å². The minimum Gasteiger partial charge on any atom is -0.391 e. The lowest BCUT2D eigenvalue weighted by molar-refractivity contribution is 0.129. The van der Waals surface area contributed by atoms with Crippen LogP contribution in [0.1, 0.15) is 20.8 Å². The molecule has 0 aliphatic carbocycles. The van der Waals surface area contributed by atoms with Gasteiger partial charge in [0, 0.05) is 19.3 Å². The number of rotatable bonds is 6. The number of aliphatic hydroxyl groups is 1. The molecule has 8 heteroatoms. The number of nitrogens with zero attached hydrogens (tertiary/aromatic N) is 2. The molecule has 0 aliphatic heterocycles. The standard InChI is InChI=1S/C10H20N4O3S/c1-4-14-6-9(10(11)13-14)18(16,17)12-5-8(15)7(2)3/h6-8,12,15H,4-5H2,1-3H3,(H2,11,13). The van der Waals surface area contributed by atoms with Crippen LogP contribution in [0.4, 0.5) is 5.82 Å². The Bertz CT molecular complexity index is 495. The number of hydrogen-bond acceptors (Lipinski definition) is 5. The highest BCUT2D eigenvalue weighted by Crippen LogP contribution is 2.16. The Morgan fingerprint density at radius 3 is 2.61 bits per heavy atom. The molecule has 1 unspecified atom stereocenters. The van der Waals surface area contributed by atoms with E-state index >= 15 is 0 Å². The van der Waals surface area contributed by atoms with E-state index in [0.717, 1.165) is 0 Å². The van der Waals surface area contributed by atoms with Crippen molar-refractivity contribution in [1.29, 1.82) is 0 Å². The zero-order valence-electron chi connectivity index (χ0n) is 10.8. The first-order chi connectivity index (χ1) is 8.27. The van der Waals surface area contributed by atoms with Gasteiger partial charge in [-0.3, -0.25) is 4.68 Å². The summed E-state index contributed by atoms with van der Waals surface area (Å²) < 4.78 is 27.7. The average Bonchev–Trinajstić information content (AvgIpc) is 2.68. The van der Waals surface area contributed by atoms with Gasteiger partial charge in [-0.05, 0) is 12.8 Å². The maximum atomic E-state index is 12.0. The Hall–Kier alpha value is -1.12. The Labute approximate surface area is 107 Å². The maximum Gasteiger partial charge on any atom is 0.245 e. The van der Waals surface area contributed by atoms with Gasteiger partial charge in [0.05, 0.1) is 6.10 Å². The summed E-state index contributed by atoms with van der Waals surface area (Å²) >= 11 is 0. The molecule has 1 aromatic rings. The zero-order valence-corrected chi connectivity index (χ0v) is 11.6. The van der Waals surface area contributed by atoms with Gasteiger partial charge in [0.1, 0.15) is 4.90 Å². The fourth-order valence-electron chi connectivity index (χ4n) is 1.30. The number of nitrogens with one attached hydrogen (secondary N) is 1. The van der Waals surface area contributed by atoms with E-state index in [4.69, 9.17) is 5.73 Å². The van der Waals surface area contributed by atoms with Crippen molar-refractivity contribution in [1.82, 2.24) is 14.5 Å². The number of nitrogens with two attached hydrogens (primary N) is 1. The molecule has 0 amide bonds. The fourth-order valence-corrected chi connectivity index (χ4v) is 2.42. The molecule has 0 saturated carbocycles. The van der Waals surface area contributed by atoms with Crippen molar-refractivity contribution in [3.63, 3.8) is 0 Å². The smallest absolute Gasteiger partial charge is 0.245 e. The van der Waals surface area contributed by atoms with Gasteiger partial charge in [0.15, 0.2) is 5.82 Å². The van der Waals surface area contributed by atoms with Gasteiger partial charge in [-0.25, -0.2) is 13.1 Å². The summed E-state index contributed by atoms with van der Waals surface area (Å²) in [6.45, 7) is 5.94. The van der Waals surface area contributed by atoms with E-state index in [1.54, 1.807) is 0 Å². The van der Waals surface area contributed by atoms with Crippen LogP contribution in [0.2, 0.25) is 0 Å². The zero-order chi connectivity index (χ0) is 13.9. The number of sulfonamides is 1. The van der Waals surface area contributed by atoms with Crippen LogP contribution in [-0.4, -0.2) is 36.0 Å². The molecule has 0 radical (unpaired) electrons. The van der Waals surface area contributed by atoms with Crippen molar-refractivity contribution < 1.29 is 13.5 Å². The first-order valence-electron chi connectivity index (χ1n) is 5.78. The molecule has 0 aromatic carbocycles. The second-order valence-electron chi connectivity index (χ2n) is 4.40. The van der Waals surface area contributed by atoms with E-state index in [-0.39, 0.29) is 23.2 Å². The molecule has 1 atom stereocenters. The largest absolute Gasteiger partial charge is 0.391 e. The summed E-state index contributed by atoms with van der Waals surface area (Å²) in [6.07, 6.45) is 0.640. The second-order valence-corrected chi connectivity index (χ2v) is 6.13. The van der Waals surface area contributed by atoms with Crippen LogP contribution < -0.4 is 10.5 Å². The van der Waals surface area contributed by atoms with Gasteiger partial charge in [-0.15, -0.1) is 0 Å². The molecular weight excluding hydrogens is 256 g/mol. The fraction of sp³-hybridized carbons (Fsp3) is 0.700. The highest BCUT2D eigenvalue weighted by atomic mass is 32.2. The highest BCUT2D eigenvalue weighted by Gasteiger charge is 2.22. The summed E-state index contributed by atoms with van der Waals surface area (Å²) in [7, 11) is -3.73. The minimum absolute atomic E-state index is 0.0246. The van der Waals surface area contributed by atoms with E-state index in [2.05, 4.69) is 9.82 Å². The van der Waals surface area contributed by atoms with Gasteiger partial charge in [0.25, 0.3) is 0 Å². The normalized spacial score (nSPS) is 14.1. The number of nitrogen functional groups attached to an aromatic ring is 1. The SMILES string of the molecule is CCn1cc(S(=O)(=O)NCC(O)C(C)C)c(N)n1. The third kappa shape index (κ3) is 3.44. The van der Waals surface area contributed by atoms with Crippen LogP contribution in [0.25, 0.3) is 0 Å². The monoisotopic (exact) mass is 276 g/mol. The quantitative estimate of drug-likeness (QED) is 0.665. The lowest BCUT2D eigenvalue weighted by atomic mass is 10.1. The minimum atomic E-state index is -3.73. The second kappa shape index (κ2) is 5.68. The van der Waals surface area contributed by atoms with Crippen molar-refractivity contribution in [3.05, 3.63) is 6.20 Å². The van der Waals surface area contributed by atoms with E-state index in [9.17, 15) is 13.5 Å². The Kier molecular flexibility index (Phi) is 4.71. The van der Waals surface area contributed by atoms with E-state index in [1.165, 1.54) is 10.9 Å². The molecule has 4 N–H and O–H groups in total. The number of aromatic nitrogens is 2. The molecule has 18 heavy (non-hydrogen) atoms. The molecule has 0 aliphatic rings. The number of anilines is 1. The van der Waals surface area contributed by atoms with E-state index in [1.807, 2.05) is 20.8 Å². The molecule has 0 saturated heterocycles. The van der Waals surface area contributed by atoms with Crippen molar-refractivity contribution in [2.24, 2.45) is 5.92 Å². The summed E-state index contributed by atoms with van der Waals surface area (Å²) in [6, 6.07) is 0. The summed E-state index contributed by atoms with van der Waals surface area (Å²) in [5, 5.41) is 13.4.